The highest BCUT2D eigenvalue weighted by atomic mass is 16.5. The van der Waals surface area contributed by atoms with Gasteiger partial charge in [-0.05, 0) is 56.2 Å². The zero-order chi connectivity index (χ0) is 21.6. The Morgan fingerprint density at radius 2 is 1.90 bits per heavy atom. The summed E-state index contributed by atoms with van der Waals surface area (Å²) in [5, 5.41) is 0. The Bertz CT molecular complexity index is 994. The molecule has 0 aliphatic carbocycles. The standard InChI is InChI=1S/C25H29N3O3/c1-19-10-11-22(30-19)18-27(2)25(29)23-8-3-4-9-24(23)31-21-12-15-28(16-13-21)17-20-7-5-6-14-26-20/h3-11,14,21H,12-13,15-18H2,1-2H3. The van der Waals surface area contributed by atoms with Crippen molar-refractivity contribution in [2.75, 3.05) is 20.1 Å². The Morgan fingerprint density at radius 1 is 1.13 bits per heavy atom. The molecule has 3 heterocycles. The fourth-order valence-electron chi connectivity index (χ4n) is 3.91. The zero-order valence-corrected chi connectivity index (χ0v) is 18.2. The molecule has 1 aliphatic rings. The number of ether oxygens (including phenoxy) is 1. The van der Waals surface area contributed by atoms with Crippen molar-refractivity contribution in [3.63, 3.8) is 0 Å². The fourth-order valence-corrected chi connectivity index (χ4v) is 3.91. The van der Waals surface area contributed by atoms with Gasteiger partial charge in [-0.25, -0.2) is 0 Å². The summed E-state index contributed by atoms with van der Waals surface area (Å²) in [6.07, 6.45) is 3.80. The first-order chi connectivity index (χ1) is 15.1. The summed E-state index contributed by atoms with van der Waals surface area (Å²) in [7, 11) is 1.78. The molecule has 31 heavy (non-hydrogen) atoms. The van der Waals surface area contributed by atoms with Crippen molar-refractivity contribution in [2.45, 2.75) is 39.0 Å². The maximum atomic E-state index is 13.1. The number of carbonyl (C=O) groups excluding carboxylic acids is 1. The number of piperidine rings is 1. The average molecular weight is 420 g/mol. The summed E-state index contributed by atoms with van der Waals surface area (Å²) in [6, 6.07) is 17.3. The van der Waals surface area contributed by atoms with E-state index in [0.29, 0.717) is 17.9 Å². The Hall–Kier alpha value is -3.12. The van der Waals surface area contributed by atoms with Gasteiger partial charge in [0.2, 0.25) is 0 Å². The lowest BCUT2D eigenvalue weighted by atomic mass is 10.1. The minimum Gasteiger partial charge on any atom is -0.489 e. The predicted octanol–water partition coefficient (Wildman–Crippen LogP) is 4.30. The van der Waals surface area contributed by atoms with Gasteiger partial charge in [-0.2, -0.15) is 0 Å². The van der Waals surface area contributed by atoms with E-state index in [1.807, 2.05) is 61.7 Å². The minimum absolute atomic E-state index is 0.0720. The van der Waals surface area contributed by atoms with Crippen LogP contribution in [0.1, 0.15) is 40.4 Å². The molecule has 0 unspecified atom stereocenters. The van der Waals surface area contributed by atoms with E-state index in [1.165, 1.54) is 0 Å². The van der Waals surface area contributed by atoms with Crippen LogP contribution in [-0.2, 0) is 13.1 Å². The monoisotopic (exact) mass is 419 g/mol. The van der Waals surface area contributed by atoms with E-state index in [9.17, 15) is 4.79 Å². The van der Waals surface area contributed by atoms with Crippen LogP contribution in [0.3, 0.4) is 0 Å². The average Bonchev–Trinajstić information content (AvgIpc) is 3.20. The van der Waals surface area contributed by atoms with Crippen molar-refractivity contribution in [2.24, 2.45) is 0 Å². The van der Waals surface area contributed by atoms with E-state index in [2.05, 4.69) is 16.0 Å². The molecule has 0 bridgehead atoms. The molecule has 1 saturated heterocycles. The number of carbonyl (C=O) groups is 1. The zero-order valence-electron chi connectivity index (χ0n) is 18.2. The van der Waals surface area contributed by atoms with Crippen molar-refractivity contribution in [1.29, 1.82) is 0 Å². The van der Waals surface area contributed by atoms with Crippen LogP contribution in [0.25, 0.3) is 0 Å². The first-order valence-electron chi connectivity index (χ1n) is 10.8. The molecule has 0 radical (unpaired) electrons. The molecule has 6 heteroatoms. The number of benzene rings is 1. The molecule has 0 spiro atoms. The molecule has 6 nitrogen and oxygen atoms in total. The van der Waals surface area contributed by atoms with Gasteiger partial charge in [0, 0.05) is 32.9 Å². The topological polar surface area (TPSA) is 58.8 Å². The van der Waals surface area contributed by atoms with Crippen LogP contribution in [0.5, 0.6) is 5.75 Å². The summed E-state index contributed by atoms with van der Waals surface area (Å²) >= 11 is 0. The molecule has 1 aliphatic heterocycles. The van der Waals surface area contributed by atoms with E-state index in [0.717, 1.165) is 49.7 Å². The number of hydrogen-bond acceptors (Lipinski definition) is 5. The lowest BCUT2D eigenvalue weighted by molar-refractivity contribution is 0.0748. The van der Waals surface area contributed by atoms with E-state index < -0.39 is 0 Å². The Labute approximate surface area is 183 Å². The lowest BCUT2D eigenvalue weighted by Crippen LogP contribution is -2.38. The SMILES string of the molecule is Cc1ccc(CN(C)C(=O)c2ccccc2OC2CCN(Cc3ccccn3)CC2)o1. The normalized spacial score (nSPS) is 15.0. The fraction of sp³-hybridized carbons (Fsp3) is 0.360. The van der Waals surface area contributed by atoms with Crippen LogP contribution in [0.2, 0.25) is 0 Å². The molecular formula is C25H29N3O3. The van der Waals surface area contributed by atoms with Crippen molar-refractivity contribution >= 4 is 5.91 Å². The Balaban J connectivity index is 1.35. The first kappa shape index (κ1) is 21.1. The summed E-state index contributed by atoms with van der Waals surface area (Å²) in [5.74, 6) is 2.19. The number of hydrogen-bond donors (Lipinski definition) is 0. The second-order valence-electron chi connectivity index (χ2n) is 8.08. The van der Waals surface area contributed by atoms with Gasteiger partial charge in [-0.15, -0.1) is 0 Å². The molecule has 1 amide bonds. The maximum Gasteiger partial charge on any atom is 0.257 e. The first-order valence-corrected chi connectivity index (χ1v) is 10.8. The molecule has 2 aromatic heterocycles. The van der Waals surface area contributed by atoms with E-state index in [1.54, 1.807) is 11.9 Å². The Kier molecular flexibility index (Phi) is 6.67. The Morgan fingerprint density at radius 3 is 2.61 bits per heavy atom. The van der Waals surface area contributed by atoms with Gasteiger partial charge < -0.3 is 14.1 Å². The summed E-state index contributed by atoms with van der Waals surface area (Å²) in [4.78, 5) is 21.5. The van der Waals surface area contributed by atoms with Crippen molar-refractivity contribution < 1.29 is 13.9 Å². The van der Waals surface area contributed by atoms with Crippen LogP contribution in [0.4, 0.5) is 0 Å². The van der Waals surface area contributed by atoms with Crippen molar-refractivity contribution in [1.82, 2.24) is 14.8 Å². The highest BCUT2D eigenvalue weighted by molar-refractivity contribution is 5.96. The largest absolute Gasteiger partial charge is 0.489 e. The third-order valence-electron chi connectivity index (χ3n) is 5.59. The highest BCUT2D eigenvalue weighted by Gasteiger charge is 2.24. The molecule has 0 saturated carbocycles. The molecule has 0 N–H and O–H groups in total. The van der Waals surface area contributed by atoms with E-state index in [-0.39, 0.29) is 12.0 Å². The maximum absolute atomic E-state index is 13.1. The van der Waals surface area contributed by atoms with Crippen LogP contribution in [0, 0.1) is 6.92 Å². The van der Waals surface area contributed by atoms with Gasteiger partial charge in [0.05, 0.1) is 17.8 Å². The minimum atomic E-state index is -0.0720. The van der Waals surface area contributed by atoms with Crippen LogP contribution >= 0.6 is 0 Å². The number of furan rings is 1. The highest BCUT2D eigenvalue weighted by Crippen LogP contribution is 2.25. The van der Waals surface area contributed by atoms with E-state index >= 15 is 0 Å². The number of para-hydroxylation sites is 1. The molecular weight excluding hydrogens is 390 g/mol. The number of amides is 1. The second kappa shape index (κ2) is 9.79. The predicted molar refractivity (Wildman–Crippen MR) is 119 cm³/mol. The third kappa shape index (κ3) is 5.52. The summed E-state index contributed by atoms with van der Waals surface area (Å²) < 4.78 is 11.9. The summed E-state index contributed by atoms with van der Waals surface area (Å²) in [5.41, 5.74) is 1.68. The van der Waals surface area contributed by atoms with Crippen LogP contribution in [-0.4, -0.2) is 46.9 Å². The van der Waals surface area contributed by atoms with E-state index in [4.69, 9.17) is 9.15 Å². The number of nitrogens with zero attached hydrogens (tertiary/aromatic N) is 3. The lowest BCUT2D eigenvalue weighted by Gasteiger charge is -2.32. The smallest absolute Gasteiger partial charge is 0.257 e. The van der Waals surface area contributed by atoms with Crippen molar-refractivity contribution in [3.8, 4) is 5.75 Å². The van der Waals surface area contributed by atoms with Gasteiger partial charge in [-0.1, -0.05) is 18.2 Å². The quantitative estimate of drug-likeness (QED) is 0.572. The van der Waals surface area contributed by atoms with Gasteiger partial charge >= 0.3 is 0 Å². The second-order valence-corrected chi connectivity index (χ2v) is 8.08. The number of aromatic nitrogens is 1. The van der Waals surface area contributed by atoms with Gasteiger partial charge in [0.1, 0.15) is 23.4 Å². The molecule has 0 atom stereocenters. The van der Waals surface area contributed by atoms with Crippen LogP contribution < -0.4 is 4.74 Å². The van der Waals surface area contributed by atoms with Gasteiger partial charge in [-0.3, -0.25) is 14.7 Å². The third-order valence-corrected chi connectivity index (χ3v) is 5.59. The van der Waals surface area contributed by atoms with Crippen LogP contribution in [0.15, 0.2) is 65.2 Å². The summed E-state index contributed by atoms with van der Waals surface area (Å²) in [6.45, 7) is 5.09. The van der Waals surface area contributed by atoms with Gasteiger partial charge in [0.15, 0.2) is 0 Å². The number of pyridine rings is 1. The molecule has 3 aromatic rings. The van der Waals surface area contributed by atoms with Gasteiger partial charge in [0.25, 0.3) is 5.91 Å². The molecule has 1 fully saturated rings. The molecule has 4 rings (SSSR count). The molecule has 1 aromatic carbocycles. The molecule has 162 valence electrons. The number of rotatable bonds is 7. The number of likely N-dealkylation sites (tertiary alicyclic amines) is 1. The van der Waals surface area contributed by atoms with Crippen molar-refractivity contribution in [3.05, 3.63) is 83.6 Å². The number of aryl methyl sites for hydroxylation is 1.